The number of carbonyl (C=O) groups is 1. The minimum atomic E-state index is -0.0382. The van der Waals surface area contributed by atoms with Gasteiger partial charge in [0.25, 0.3) is 0 Å². The molecule has 0 bridgehead atoms. The molecule has 5 heteroatoms. The molecule has 0 radical (unpaired) electrons. The van der Waals surface area contributed by atoms with Gasteiger partial charge in [-0.1, -0.05) is 12.1 Å². The number of aromatic nitrogens is 1. The van der Waals surface area contributed by atoms with Gasteiger partial charge >= 0.3 is 0 Å². The minimum absolute atomic E-state index is 0.0382. The van der Waals surface area contributed by atoms with Crippen LogP contribution in [-0.4, -0.2) is 18.0 Å². The summed E-state index contributed by atoms with van der Waals surface area (Å²) in [5.74, 6) is 1.37. The normalized spacial score (nSPS) is 10.2. The number of rotatable bonds is 5. The topological polar surface area (TPSA) is 51.2 Å². The number of ether oxygens (including phenoxy) is 1. The molecule has 0 aliphatic heterocycles. The second-order valence-electron chi connectivity index (χ2n) is 4.69. The Balaban J connectivity index is 1.92. The second-order valence-corrected chi connectivity index (χ2v) is 5.54. The molecule has 1 aromatic heterocycles. The lowest BCUT2D eigenvalue weighted by molar-refractivity contribution is -0.116. The number of nitrogens with one attached hydrogen (secondary N) is 1. The van der Waals surface area contributed by atoms with Crippen LogP contribution in [0.1, 0.15) is 17.5 Å². The van der Waals surface area contributed by atoms with Gasteiger partial charge in [0, 0.05) is 12.6 Å². The first-order valence-electron chi connectivity index (χ1n) is 6.64. The quantitative estimate of drug-likeness (QED) is 0.895. The van der Waals surface area contributed by atoms with Crippen LogP contribution in [0, 0.1) is 6.92 Å². The van der Waals surface area contributed by atoms with Crippen LogP contribution in [0.4, 0.5) is 5.82 Å². The Labute approximate surface area is 132 Å². The summed E-state index contributed by atoms with van der Waals surface area (Å²) in [6, 6.07) is 9.59. The van der Waals surface area contributed by atoms with Crippen molar-refractivity contribution in [2.24, 2.45) is 0 Å². The van der Waals surface area contributed by atoms with Crippen molar-refractivity contribution in [2.75, 3.05) is 12.4 Å². The first-order chi connectivity index (χ1) is 10.1. The van der Waals surface area contributed by atoms with Crippen LogP contribution in [0.25, 0.3) is 0 Å². The SMILES string of the molecule is COc1ccc(CCC(=O)Nc2ncccc2C)cc1Br. The van der Waals surface area contributed by atoms with Gasteiger partial charge in [0.2, 0.25) is 5.91 Å². The van der Waals surface area contributed by atoms with E-state index in [2.05, 4.69) is 26.2 Å². The number of nitrogens with zero attached hydrogens (tertiary/aromatic N) is 1. The summed E-state index contributed by atoms with van der Waals surface area (Å²) >= 11 is 3.44. The van der Waals surface area contributed by atoms with E-state index in [4.69, 9.17) is 4.74 Å². The molecule has 0 saturated carbocycles. The van der Waals surface area contributed by atoms with Crippen molar-refractivity contribution in [3.05, 3.63) is 52.1 Å². The zero-order valence-corrected chi connectivity index (χ0v) is 13.6. The summed E-state index contributed by atoms with van der Waals surface area (Å²) in [7, 11) is 1.63. The molecular formula is C16H17BrN2O2. The van der Waals surface area contributed by atoms with E-state index in [-0.39, 0.29) is 5.91 Å². The van der Waals surface area contributed by atoms with E-state index >= 15 is 0 Å². The molecule has 1 N–H and O–H groups in total. The fraction of sp³-hybridized carbons (Fsp3) is 0.250. The van der Waals surface area contributed by atoms with Gasteiger partial charge in [-0.15, -0.1) is 0 Å². The number of halogens is 1. The van der Waals surface area contributed by atoms with Gasteiger partial charge in [-0.3, -0.25) is 4.79 Å². The Kier molecular flexibility index (Phi) is 5.33. The summed E-state index contributed by atoms with van der Waals surface area (Å²) in [5, 5.41) is 2.83. The molecule has 1 amide bonds. The molecule has 1 heterocycles. The Morgan fingerprint density at radius 2 is 2.19 bits per heavy atom. The highest BCUT2D eigenvalue weighted by Crippen LogP contribution is 2.26. The molecule has 0 saturated heterocycles. The molecule has 0 aliphatic carbocycles. The zero-order valence-electron chi connectivity index (χ0n) is 12.0. The van der Waals surface area contributed by atoms with Crippen molar-refractivity contribution in [1.82, 2.24) is 4.98 Å². The van der Waals surface area contributed by atoms with Crippen molar-refractivity contribution < 1.29 is 9.53 Å². The van der Waals surface area contributed by atoms with Gasteiger partial charge in [0.05, 0.1) is 11.6 Å². The number of hydrogen-bond donors (Lipinski definition) is 1. The van der Waals surface area contributed by atoms with Crippen LogP contribution in [-0.2, 0) is 11.2 Å². The van der Waals surface area contributed by atoms with Crippen LogP contribution >= 0.6 is 15.9 Å². The predicted octanol–water partition coefficient (Wildman–Crippen LogP) is 3.73. The van der Waals surface area contributed by atoms with E-state index in [0.717, 1.165) is 21.3 Å². The minimum Gasteiger partial charge on any atom is -0.496 e. The lowest BCUT2D eigenvalue weighted by Crippen LogP contribution is -2.14. The highest BCUT2D eigenvalue weighted by atomic mass is 79.9. The van der Waals surface area contributed by atoms with Crippen molar-refractivity contribution in [3.8, 4) is 5.75 Å². The van der Waals surface area contributed by atoms with Gasteiger partial charge in [0.15, 0.2) is 0 Å². The van der Waals surface area contributed by atoms with Crippen LogP contribution in [0.2, 0.25) is 0 Å². The molecule has 21 heavy (non-hydrogen) atoms. The molecule has 1 aromatic carbocycles. The molecule has 2 aromatic rings. The van der Waals surface area contributed by atoms with Crippen LogP contribution in [0.15, 0.2) is 41.0 Å². The molecular weight excluding hydrogens is 332 g/mol. The fourth-order valence-electron chi connectivity index (χ4n) is 1.93. The van der Waals surface area contributed by atoms with E-state index in [9.17, 15) is 4.79 Å². The Bertz CT molecular complexity index is 644. The summed E-state index contributed by atoms with van der Waals surface area (Å²) in [4.78, 5) is 16.1. The molecule has 2 rings (SSSR count). The van der Waals surface area contributed by atoms with Crippen molar-refractivity contribution in [1.29, 1.82) is 0 Å². The number of hydrogen-bond acceptors (Lipinski definition) is 3. The van der Waals surface area contributed by atoms with E-state index in [1.165, 1.54) is 0 Å². The number of aryl methyl sites for hydroxylation is 2. The third-order valence-electron chi connectivity index (χ3n) is 3.12. The number of carbonyl (C=O) groups excluding carboxylic acids is 1. The lowest BCUT2D eigenvalue weighted by atomic mass is 10.1. The van der Waals surface area contributed by atoms with Crippen molar-refractivity contribution >= 4 is 27.7 Å². The standard InChI is InChI=1S/C16H17BrN2O2/c1-11-4-3-9-18-16(11)19-15(20)8-6-12-5-7-14(21-2)13(17)10-12/h3-5,7,9-10H,6,8H2,1-2H3,(H,18,19,20). The number of amides is 1. The molecule has 110 valence electrons. The number of pyridine rings is 1. The molecule has 0 atom stereocenters. The molecule has 0 fully saturated rings. The fourth-order valence-corrected chi connectivity index (χ4v) is 2.52. The highest BCUT2D eigenvalue weighted by Gasteiger charge is 2.07. The summed E-state index contributed by atoms with van der Waals surface area (Å²) < 4.78 is 6.08. The molecule has 0 aliphatic rings. The molecule has 0 spiro atoms. The molecule has 4 nitrogen and oxygen atoms in total. The van der Waals surface area contributed by atoms with Gasteiger partial charge in [-0.2, -0.15) is 0 Å². The maximum atomic E-state index is 12.0. The van der Waals surface area contributed by atoms with Gasteiger partial charge in [0.1, 0.15) is 11.6 Å². The summed E-state index contributed by atoms with van der Waals surface area (Å²) in [6.45, 7) is 1.92. The predicted molar refractivity (Wildman–Crippen MR) is 86.6 cm³/mol. The second kappa shape index (κ2) is 7.22. The monoisotopic (exact) mass is 348 g/mol. The summed E-state index contributed by atoms with van der Waals surface area (Å²) in [6.07, 6.45) is 2.75. The van der Waals surface area contributed by atoms with E-state index < -0.39 is 0 Å². The molecule has 0 unspecified atom stereocenters. The number of anilines is 1. The zero-order chi connectivity index (χ0) is 15.2. The van der Waals surface area contributed by atoms with E-state index in [1.54, 1.807) is 13.3 Å². The van der Waals surface area contributed by atoms with Crippen LogP contribution in [0.3, 0.4) is 0 Å². The third-order valence-corrected chi connectivity index (χ3v) is 3.74. The van der Waals surface area contributed by atoms with Crippen molar-refractivity contribution in [3.63, 3.8) is 0 Å². The first kappa shape index (κ1) is 15.5. The maximum Gasteiger partial charge on any atom is 0.225 e. The van der Waals surface area contributed by atoms with Crippen LogP contribution < -0.4 is 10.1 Å². The summed E-state index contributed by atoms with van der Waals surface area (Å²) in [5.41, 5.74) is 2.04. The lowest BCUT2D eigenvalue weighted by Gasteiger charge is -2.08. The Hall–Kier alpha value is -1.88. The van der Waals surface area contributed by atoms with Gasteiger partial charge in [-0.05, 0) is 58.6 Å². The Morgan fingerprint density at radius 3 is 2.86 bits per heavy atom. The van der Waals surface area contributed by atoms with E-state index in [1.807, 2.05) is 37.3 Å². The average molecular weight is 349 g/mol. The average Bonchev–Trinajstić information content (AvgIpc) is 2.48. The largest absolute Gasteiger partial charge is 0.496 e. The maximum absolute atomic E-state index is 12.0. The number of benzene rings is 1. The first-order valence-corrected chi connectivity index (χ1v) is 7.43. The smallest absolute Gasteiger partial charge is 0.225 e. The van der Waals surface area contributed by atoms with Crippen molar-refractivity contribution in [2.45, 2.75) is 19.8 Å². The van der Waals surface area contributed by atoms with Gasteiger partial charge < -0.3 is 10.1 Å². The number of methoxy groups -OCH3 is 1. The highest BCUT2D eigenvalue weighted by molar-refractivity contribution is 9.10. The Morgan fingerprint density at radius 1 is 1.38 bits per heavy atom. The third kappa shape index (κ3) is 4.29. The van der Waals surface area contributed by atoms with Gasteiger partial charge in [-0.25, -0.2) is 4.98 Å². The van der Waals surface area contributed by atoms with E-state index in [0.29, 0.717) is 18.7 Å². The van der Waals surface area contributed by atoms with Crippen LogP contribution in [0.5, 0.6) is 5.75 Å².